The van der Waals surface area contributed by atoms with Crippen LogP contribution in [0.3, 0.4) is 0 Å². The largest absolute Gasteiger partial charge is 0.493 e. The molecule has 0 radical (unpaired) electrons. The molecule has 2 aromatic rings. The molecule has 122 valence electrons. The van der Waals surface area contributed by atoms with Gasteiger partial charge in [0.05, 0.1) is 12.6 Å². The molecule has 1 aliphatic heterocycles. The average Bonchev–Trinajstić information content (AvgIpc) is 2.93. The van der Waals surface area contributed by atoms with Crippen LogP contribution in [0.5, 0.6) is 5.75 Å². The van der Waals surface area contributed by atoms with Gasteiger partial charge in [-0.15, -0.1) is 0 Å². The highest BCUT2D eigenvalue weighted by molar-refractivity contribution is 5.42. The van der Waals surface area contributed by atoms with Crippen molar-refractivity contribution in [3.8, 4) is 5.75 Å². The summed E-state index contributed by atoms with van der Waals surface area (Å²) in [4.78, 5) is 30.4. The van der Waals surface area contributed by atoms with Crippen molar-refractivity contribution >= 4 is 5.95 Å². The van der Waals surface area contributed by atoms with Gasteiger partial charge in [-0.25, -0.2) is 14.2 Å². The predicted molar refractivity (Wildman–Crippen MR) is 87.2 cm³/mol. The molecule has 0 saturated carbocycles. The van der Waals surface area contributed by atoms with Crippen LogP contribution in [-0.4, -0.2) is 21.1 Å². The number of aromatic amines is 1. The molecule has 0 saturated heterocycles. The first kappa shape index (κ1) is 15.3. The second-order valence-electron chi connectivity index (χ2n) is 5.97. The quantitative estimate of drug-likeness (QED) is 0.895. The van der Waals surface area contributed by atoms with Gasteiger partial charge in [-0.3, -0.25) is 4.98 Å². The molecule has 2 heterocycles. The summed E-state index contributed by atoms with van der Waals surface area (Å²) in [5.74, 6) is 1.07. The van der Waals surface area contributed by atoms with Gasteiger partial charge in [-0.2, -0.15) is 4.98 Å². The van der Waals surface area contributed by atoms with Crippen LogP contribution in [0.4, 0.5) is 5.95 Å². The summed E-state index contributed by atoms with van der Waals surface area (Å²) in [6, 6.07) is 5.68. The lowest BCUT2D eigenvalue weighted by Crippen LogP contribution is -2.39. The van der Waals surface area contributed by atoms with E-state index in [0.717, 1.165) is 22.3 Å². The monoisotopic (exact) mass is 316 g/mol. The third kappa shape index (κ3) is 2.99. The van der Waals surface area contributed by atoms with Gasteiger partial charge >= 0.3 is 11.4 Å². The lowest BCUT2D eigenvalue weighted by molar-refractivity contribution is 0.356. The molecular weight excluding hydrogens is 296 g/mol. The van der Waals surface area contributed by atoms with Gasteiger partial charge < -0.3 is 10.1 Å². The van der Waals surface area contributed by atoms with Crippen LogP contribution in [0.15, 0.2) is 27.8 Å². The maximum atomic E-state index is 12.0. The fourth-order valence-electron chi connectivity index (χ4n) is 2.69. The molecular formula is C16H20N4O3. The van der Waals surface area contributed by atoms with Crippen molar-refractivity contribution in [2.75, 3.05) is 11.9 Å². The minimum atomic E-state index is -0.560. The van der Waals surface area contributed by atoms with Crippen LogP contribution in [-0.2, 0) is 6.42 Å². The molecule has 7 heteroatoms. The first-order valence-corrected chi connectivity index (χ1v) is 7.70. The molecule has 0 aliphatic carbocycles. The van der Waals surface area contributed by atoms with Crippen molar-refractivity contribution in [2.45, 2.75) is 39.3 Å². The second-order valence-corrected chi connectivity index (χ2v) is 5.97. The second kappa shape index (κ2) is 5.91. The molecule has 0 spiro atoms. The zero-order valence-corrected chi connectivity index (χ0v) is 13.4. The molecule has 0 amide bonds. The first-order valence-electron chi connectivity index (χ1n) is 7.70. The smallest absolute Gasteiger partial charge is 0.355 e. The number of nitrogens with zero attached hydrogens (tertiary/aromatic N) is 2. The molecule has 1 unspecified atom stereocenters. The molecule has 1 aliphatic rings. The number of fused-ring (bicyclic) bond motifs is 1. The SMILES string of the molecule is CC(Nc1nc(=O)n(C(C)C)c(=O)[nH]1)c1ccc2c(c1)OCC2. The fourth-order valence-corrected chi connectivity index (χ4v) is 2.69. The van der Waals surface area contributed by atoms with Gasteiger partial charge in [-0.05, 0) is 38.0 Å². The number of rotatable bonds is 4. The highest BCUT2D eigenvalue weighted by Gasteiger charge is 2.16. The number of aromatic nitrogens is 3. The Morgan fingerprint density at radius 1 is 1.30 bits per heavy atom. The highest BCUT2D eigenvalue weighted by Crippen LogP contribution is 2.29. The third-order valence-corrected chi connectivity index (χ3v) is 3.95. The normalized spacial score (nSPS) is 14.4. The number of ether oxygens (including phenoxy) is 1. The number of hydrogen-bond donors (Lipinski definition) is 2. The summed E-state index contributed by atoms with van der Waals surface area (Å²) >= 11 is 0. The molecule has 1 aromatic carbocycles. The van der Waals surface area contributed by atoms with E-state index in [9.17, 15) is 9.59 Å². The standard InChI is InChI=1S/C16H20N4O3/c1-9(2)20-15(21)18-14(19-16(20)22)17-10(3)12-5-4-11-6-7-23-13(11)8-12/h4-5,8-10H,6-7H2,1-3H3,(H2,17,18,19,21,22). The summed E-state index contributed by atoms with van der Waals surface area (Å²) in [6.07, 6.45) is 0.930. The van der Waals surface area contributed by atoms with E-state index in [1.54, 1.807) is 13.8 Å². The maximum absolute atomic E-state index is 12.0. The Kier molecular flexibility index (Phi) is 3.94. The van der Waals surface area contributed by atoms with Gasteiger partial charge in [-0.1, -0.05) is 12.1 Å². The highest BCUT2D eigenvalue weighted by atomic mass is 16.5. The van der Waals surface area contributed by atoms with Crippen molar-refractivity contribution in [3.05, 3.63) is 50.3 Å². The van der Waals surface area contributed by atoms with Crippen LogP contribution >= 0.6 is 0 Å². The van der Waals surface area contributed by atoms with Crippen LogP contribution in [0.1, 0.15) is 44.0 Å². The first-order chi connectivity index (χ1) is 11.0. The number of anilines is 1. The predicted octanol–water partition coefficient (Wildman–Crippen LogP) is 1.62. The third-order valence-electron chi connectivity index (χ3n) is 3.95. The van der Waals surface area contributed by atoms with E-state index in [0.29, 0.717) is 6.61 Å². The van der Waals surface area contributed by atoms with E-state index in [2.05, 4.69) is 15.3 Å². The van der Waals surface area contributed by atoms with Gasteiger partial charge in [0.15, 0.2) is 0 Å². The molecule has 7 nitrogen and oxygen atoms in total. The Morgan fingerprint density at radius 3 is 2.78 bits per heavy atom. The van der Waals surface area contributed by atoms with Gasteiger partial charge in [0.25, 0.3) is 0 Å². The summed E-state index contributed by atoms with van der Waals surface area (Å²) in [5.41, 5.74) is 1.18. The lowest BCUT2D eigenvalue weighted by Gasteiger charge is -2.16. The molecule has 0 fully saturated rings. The molecule has 1 aromatic heterocycles. The Bertz CT molecular complexity index is 807. The Hall–Kier alpha value is -2.57. The average molecular weight is 316 g/mol. The zero-order valence-electron chi connectivity index (χ0n) is 13.4. The van der Waals surface area contributed by atoms with Crippen LogP contribution in [0.2, 0.25) is 0 Å². The Morgan fingerprint density at radius 2 is 2.09 bits per heavy atom. The van der Waals surface area contributed by atoms with Crippen molar-refractivity contribution < 1.29 is 4.74 Å². The minimum absolute atomic E-state index is 0.123. The van der Waals surface area contributed by atoms with Crippen LogP contribution < -0.4 is 21.4 Å². The maximum Gasteiger partial charge on any atom is 0.355 e. The van der Waals surface area contributed by atoms with E-state index in [4.69, 9.17) is 4.74 Å². The number of hydrogen-bond acceptors (Lipinski definition) is 5. The van der Waals surface area contributed by atoms with E-state index in [-0.39, 0.29) is 18.0 Å². The van der Waals surface area contributed by atoms with E-state index < -0.39 is 11.4 Å². The van der Waals surface area contributed by atoms with E-state index in [1.165, 1.54) is 5.56 Å². The summed E-state index contributed by atoms with van der Waals surface area (Å²) < 4.78 is 6.65. The summed E-state index contributed by atoms with van der Waals surface area (Å²) in [5, 5.41) is 3.06. The molecule has 0 bridgehead atoms. The molecule has 23 heavy (non-hydrogen) atoms. The van der Waals surface area contributed by atoms with Crippen molar-refractivity contribution in [1.29, 1.82) is 0 Å². The molecule has 3 rings (SSSR count). The number of H-pyrrole nitrogens is 1. The number of nitrogens with one attached hydrogen (secondary N) is 2. The summed E-state index contributed by atoms with van der Waals surface area (Å²) in [7, 11) is 0. The lowest BCUT2D eigenvalue weighted by atomic mass is 10.0. The fraction of sp³-hybridized carbons (Fsp3) is 0.438. The van der Waals surface area contributed by atoms with Crippen molar-refractivity contribution in [3.63, 3.8) is 0 Å². The molecule has 2 N–H and O–H groups in total. The summed E-state index contributed by atoms with van der Waals surface area (Å²) in [6.45, 7) is 6.17. The zero-order chi connectivity index (χ0) is 16.6. The number of benzene rings is 1. The van der Waals surface area contributed by atoms with Crippen LogP contribution in [0.25, 0.3) is 0 Å². The van der Waals surface area contributed by atoms with Gasteiger partial charge in [0.1, 0.15) is 5.75 Å². The Balaban J connectivity index is 1.84. The minimum Gasteiger partial charge on any atom is -0.493 e. The van der Waals surface area contributed by atoms with E-state index in [1.807, 2.05) is 25.1 Å². The van der Waals surface area contributed by atoms with Crippen LogP contribution in [0, 0.1) is 0 Å². The van der Waals surface area contributed by atoms with Crippen molar-refractivity contribution in [2.24, 2.45) is 0 Å². The van der Waals surface area contributed by atoms with Gasteiger partial charge in [0, 0.05) is 12.5 Å². The van der Waals surface area contributed by atoms with E-state index >= 15 is 0 Å². The van der Waals surface area contributed by atoms with Gasteiger partial charge in [0.2, 0.25) is 5.95 Å². The Labute approximate surface area is 133 Å². The topological polar surface area (TPSA) is 89.0 Å². The molecule has 1 atom stereocenters. The van der Waals surface area contributed by atoms with Crippen molar-refractivity contribution in [1.82, 2.24) is 14.5 Å².